The molecule has 2 aromatic heterocycles. The Morgan fingerprint density at radius 3 is 2.78 bits per heavy atom. The number of carbonyl (C=O) groups is 1. The molecule has 0 radical (unpaired) electrons. The van der Waals surface area contributed by atoms with Crippen molar-refractivity contribution in [1.29, 1.82) is 0 Å². The van der Waals surface area contributed by atoms with E-state index in [2.05, 4.69) is 20.5 Å². The van der Waals surface area contributed by atoms with Gasteiger partial charge in [-0.1, -0.05) is 22.5 Å². The topological polar surface area (TPSA) is 131 Å². The van der Waals surface area contributed by atoms with E-state index in [1.165, 1.54) is 7.11 Å². The first-order chi connectivity index (χ1) is 15.6. The first-order valence-electron chi connectivity index (χ1n) is 9.62. The third-order valence-corrected chi connectivity index (χ3v) is 4.63. The Hall–Kier alpha value is -4.28. The van der Waals surface area contributed by atoms with Gasteiger partial charge in [0.2, 0.25) is 5.82 Å². The van der Waals surface area contributed by atoms with Crippen LogP contribution in [-0.4, -0.2) is 45.3 Å². The third-order valence-electron chi connectivity index (χ3n) is 4.63. The molecular weight excluding hydrogens is 418 g/mol. The lowest BCUT2D eigenvalue weighted by Gasteiger charge is -2.07. The lowest BCUT2D eigenvalue weighted by molar-refractivity contribution is -0.146. The normalized spacial score (nSPS) is 10.8. The maximum Gasteiger partial charge on any atom is 0.308 e. The number of hydrogen-bond acceptors (Lipinski definition) is 10. The zero-order valence-corrected chi connectivity index (χ0v) is 17.3. The van der Waals surface area contributed by atoms with Crippen LogP contribution in [0, 0.1) is 0 Å². The number of esters is 1. The molecule has 0 bridgehead atoms. The first kappa shape index (κ1) is 21.0. The molecule has 0 saturated heterocycles. The van der Waals surface area contributed by atoms with Crippen LogP contribution in [0.4, 0.5) is 0 Å². The second-order valence-corrected chi connectivity index (χ2v) is 6.62. The average molecular weight is 437 g/mol. The van der Waals surface area contributed by atoms with Gasteiger partial charge in [-0.05, 0) is 24.3 Å². The number of methoxy groups -OCH3 is 2. The summed E-state index contributed by atoms with van der Waals surface area (Å²) in [6.45, 7) is -0.170. The summed E-state index contributed by atoms with van der Waals surface area (Å²) in [5.74, 6) is 0.991. The van der Waals surface area contributed by atoms with Crippen LogP contribution in [0.15, 0.2) is 51.8 Å². The summed E-state index contributed by atoms with van der Waals surface area (Å²) < 4.78 is 22.0. The Morgan fingerprint density at radius 1 is 1.12 bits per heavy atom. The highest BCUT2D eigenvalue weighted by molar-refractivity contribution is 5.76. The molecule has 0 aliphatic rings. The van der Waals surface area contributed by atoms with Crippen LogP contribution < -0.4 is 15.0 Å². The SMILES string of the molecule is COc1ccc(-c2noc(COC(=O)CCn3nnc4ccccc4c3=O)n2)c(OC)c1. The highest BCUT2D eigenvalue weighted by Gasteiger charge is 2.16. The number of ether oxygens (including phenoxy) is 3. The molecule has 0 aliphatic carbocycles. The van der Waals surface area contributed by atoms with Gasteiger partial charge >= 0.3 is 5.97 Å². The fraction of sp³-hybridized carbons (Fsp3) is 0.238. The predicted molar refractivity (Wildman–Crippen MR) is 111 cm³/mol. The molecule has 4 rings (SSSR count). The van der Waals surface area contributed by atoms with Crippen molar-refractivity contribution in [3.63, 3.8) is 0 Å². The Kier molecular flexibility index (Phi) is 6.06. The minimum Gasteiger partial charge on any atom is -0.497 e. The molecule has 11 heteroatoms. The molecular formula is C21H19N5O6. The summed E-state index contributed by atoms with van der Waals surface area (Å²) in [4.78, 5) is 28.7. The Bertz CT molecular complexity index is 1320. The second-order valence-electron chi connectivity index (χ2n) is 6.62. The number of fused-ring (bicyclic) bond motifs is 1. The largest absolute Gasteiger partial charge is 0.497 e. The minimum atomic E-state index is -0.548. The van der Waals surface area contributed by atoms with Crippen LogP contribution in [0.25, 0.3) is 22.3 Å². The molecule has 11 nitrogen and oxygen atoms in total. The molecule has 0 N–H and O–H groups in total. The quantitative estimate of drug-likeness (QED) is 0.377. The van der Waals surface area contributed by atoms with E-state index in [-0.39, 0.29) is 36.8 Å². The van der Waals surface area contributed by atoms with Crippen molar-refractivity contribution in [1.82, 2.24) is 25.1 Å². The molecule has 0 atom stereocenters. The van der Waals surface area contributed by atoms with E-state index in [9.17, 15) is 9.59 Å². The van der Waals surface area contributed by atoms with Crippen molar-refractivity contribution in [3.8, 4) is 22.9 Å². The van der Waals surface area contributed by atoms with Crippen LogP contribution in [0.1, 0.15) is 12.3 Å². The van der Waals surface area contributed by atoms with Gasteiger partial charge in [0.05, 0.1) is 38.1 Å². The number of aryl methyl sites for hydroxylation is 1. The predicted octanol–water partition coefficient (Wildman–Crippen LogP) is 1.99. The van der Waals surface area contributed by atoms with E-state index in [0.717, 1.165) is 4.68 Å². The number of rotatable bonds is 8. The fourth-order valence-electron chi connectivity index (χ4n) is 2.99. The molecule has 2 aromatic carbocycles. The lowest BCUT2D eigenvalue weighted by Crippen LogP contribution is -2.25. The van der Waals surface area contributed by atoms with E-state index in [1.807, 2.05) is 0 Å². The summed E-state index contributed by atoms with van der Waals surface area (Å²) in [5.41, 5.74) is 0.777. The number of carbonyl (C=O) groups excluding carboxylic acids is 1. The van der Waals surface area contributed by atoms with Crippen LogP contribution in [0.2, 0.25) is 0 Å². The van der Waals surface area contributed by atoms with E-state index in [4.69, 9.17) is 18.7 Å². The minimum absolute atomic E-state index is 0.0353. The van der Waals surface area contributed by atoms with Gasteiger partial charge in [-0.15, -0.1) is 5.10 Å². The molecule has 0 fully saturated rings. The maximum atomic E-state index is 12.4. The molecule has 164 valence electrons. The van der Waals surface area contributed by atoms with Gasteiger partial charge in [0.1, 0.15) is 17.0 Å². The standard InChI is InChI=1S/C21H19N5O6/c1-29-13-7-8-15(17(11-13)30-2)20-22-18(32-24-20)12-31-19(27)9-10-26-21(28)14-5-3-4-6-16(14)23-25-26/h3-8,11H,9-10,12H2,1-2H3. The summed E-state index contributed by atoms with van der Waals surface area (Å²) in [6.07, 6.45) is -0.0692. The summed E-state index contributed by atoms with van der Waals surface area (Å²) >= 11 is 0. The highest BCUT2D eigenvalue weighted by atomic mass is 16.6. The van der Waals surface area contributed by atoms with Crippen LogP contribution in [0.5, 0.6) is 11.5 Å². The van der Waals surface area contributed by atoms with Gasteiger partial charge in [0, 0.05) is 6.07 Å². The Morgan fingerprint density at radius 2 is 1.97 bits per heavy atom. The number of nitrogens with zero attached hydrogens (tertiary/aromatic N) is 5. The average Bonchev–Trinajstić information content (AvgIpc) is 3.31. The number of hydrogen-bond donors (Lipinski definition) is 0. The van der Waals surface area contributed by atoms with Crippen molar-refractivity contribution in [2.75, 3.05) is 14.2 Å². The summed E-state index contributed by atoms with van der Waals surface area (Å²) in [6, 6.07) is 12.0. The molecule has 4 aromatic rings. The zero-order chi connectivity index (χ0) is 22.5. The molecule has 32 heavy (non-hydrogen) atoms. The highest BCUT2D eigenvalue weighted by Crippen LogP contribution is 2.31. The smallest absolute Gasteiger partial charge is 0.308 e. The fourth-order valence-corrected chi connectivity index (χ4v) is 2.99. The van der Waals surface area contributed by atoms with E-state index in [1.54, 1.807) is 49.6 Å². The van der Waals surface area contributed by atoms with E-state index >= 15 is 0 Å². The molecule has 0 aliphatic heterocycles. The van der Waals surface area contributed by atoms with Gasteiger partial charge in [0.15, 0.2) is 6.61 Å². The Balaban J connectivity index is 1.36. The van der Waals surface area contributed by atoms with Gasteiger partial charge in [-0.25, -0.2) is 4.68 Å². The third kappa shape index (κ3) is 4.41. The van der Waals surface area contributed by atoms with Gasteiger partial charge in [0.25, 0.3) is 11.4 Å². The van der Waals surface area contributed by atoms with Crippen LogP contribution in [0.3, 0.4) is 0 Å². The molecule has 0 saturated carbocycles. The van der Waals surface area contributed by atoms with Gasteiger partial charge in [-0.3, -0.25) is 9.59 Å². The molecule has 0 amide bonds. The zero-order valence-electron chi connectivity index (χ0n) is 17.3. The first-order valence-corrected chi connectivity index (χ1v) is 9.62. The Labute approximate surface area is 181 Å². The maximum absolute atomic E-state index is 12.4. The van der Waals surface area contributed by atoms with Gasteiger partial charge in [-0.2, -0.15) is 4.98 Å². The van der Waals surface area contributed by atoms with Gasteiger partial charge < -0.3 is 18.7 Å². The van der Waals surface area contributed by atoms with Crippen molar-refractivity contribution in [2.45, 2.75) is 19.6 Å². The van der Waals surface area contributed by atoms with Crippen LogP contribution >= 0.6 is 0 Å². The van der Waals surface area contributed by atoms with Crippen molar-refractivity contribution >= 4 is 16.9 Å². The van der Waals surface area contributed by atoms with E-state index in [0.29, 0.717) is 28.0 Å². The number of aromatic nitrogens is 5. The molecule has 0 unspecified atom stereocenters. The second kappa shape index (κ2) is 9.25. The molecule has 2 heterocycles. The number of benzene rings is 2. The van der Waals surface area contributed by atoms with Crippen molar-refractivity contribution in [2.24, 2.45) is 0 Å². The lowest BCUT2D eigenvalue weighted by atomic mass is 10.2. The van der Waals surface area contributed by atoms with Crippen LogP contribution in [-0.2, 0) is 22.7 Å². The van der Waals surface area contributed by atoms with E-state index < -0.39 is 5.97 Å². The summed E-state index contributed by atoms with van der Waals surface area (Å²) in [7, 11) is 3.07. The summed E-state index contributed by atoms with van der Waals surface area (Å²) in [5, 5.41) is 12.2. The molecule has 0 spiro atoms. The van der Waals surface area contributed by atoms with Crippen molar-refractivity contribution in [3.05, 3.63) is 58.7 Å². The monoisotopic (exact) mass is 437 g/mol. The van der Waals surface area contributed by atoms with Crippen molar-refractivity contribution < 1.29 is 23.5 Å².